The molecule has 0 rings (SSSR count). The highest BCUT2D eigenvalue weighted by atomic mass is 16.6. The third-order valence-corrected chi connectivity index (χ3v) is 10.7. The Morgan fingerprint density at radius 3 is 1.07 bits per heavy atom. The van der Waals surface area contributed by atoms with Crippen molar-refractivity contribution in [2.45, 2.75) is 258 Å². The summed E-state index contributed by atoms with van der Waals surface area (Å²) in [6.07, 6.45) is 52.8. The summed E-state index contributed by atoms with van der Waals surface area (Å²) in [5.74, 6) is -0.889. The predicted octanol–water partition coefficient (Wildman–Crippen LogP) is 15.8. The Balaban J connectivity index is 4.31. The van der Waals surface area contributed by atoms with Crippen molar-refractivity contribution in [3.05, 3.63) is 36.5 Å². The fourth-order valence-electron chi connectivity index (χ4n) is 6.99. The summed E-state index contributed by atoms with van der Waals surface area (Å²) in [6.45, 7) is 6.50. The summed E-state index contributed by atoms with van der Waals surface area (Å²) in [6, 6.07) is 0. The average molecular weight is 801 g/mol. The molecule has 0 heterocycles. The van der Waals surface area contributed by atoms with E-state index in [1.54, 1.807) is 0 Å². The molecule has 6 heteroatoms. The van der Waals surface area contributed by atoms with Crippen molar-refractivity contribution in [1.29, 1.82) is 0 Å². The summed E-state index contributed by atoms with van der Waals surface area (Å²) in [5, 5.41) is 0. The fraction of sp³-hybridized carbons (Fsp3) is 0.824. The number of carbonyl (C=O) groups excluding carboxylic acids is 3. The Morgan fingerprint density at radius 1 is 0.368 bits per heavy atom. The van der Waals surface area contributed by atoms with E-state index in [2.05, 4.69) is 57.2 Å². The minimum Gasteiger partial charge on any atom is -0.462 e. The molecule has 0 aromatic heterocycles. The van der Waals surface area contributed by atoms with Gasteiger partial charge in [0.15, 0.2) is 6.10 Å². The zero-order chi connectivity index (χ0) is 41.5. The van der Waals surface area contributed by atoms with E-state index in [9.17, 15) is 14.4 Å². The molecule has 1 unspecified atom stereocenters. The molecule has 0 aromatic carbocycles. The van der Waals surface area contributed by atoms with Gasteiger partial charge in [0.2, 0.25) is 0 Å². The second-order valence-electron chi connectivity index (χ2n) is 16.4. The molecule has 0 aliphatic carbocycles. The van der Waals surface area contributed by atoms with E-state index in [4.69, 9.17) is 14.2 Å². The maximum absolute atomic E-state index is 12.7. The molecular weight excluding hydrogens is 709 g/mol. The van der Waals surface area contributed by atoms with Crippen molar-refractivity contribution in [3.8, 4) is 0 Å². The van der Waals surface area contributed by atoms with Gasteiger partial charge in [-0.2, -0.15) is 0 Å². The zero-order valence-corrected chi connectivity index (χ0v) is 37.9. The van der Waals surface area contributed by atoms with Crippen molar-refractivity contribution in [3.63, 3.8) is 0 Å². The quantitative estimate of drug-likeness (QED) is 0.0264. The third kappa shape index (κ3) is 44.6. The minimum absolute atomic E-state index is 0.0757. The standard InChI is InChI=1S/C51H92O6/c1-4-7-10-13-16-19-21-23-25-27-28-30-32-35-38-41-44-50(53)56-47-48(46-55-49(52)43-40-37-34-18-15-12-9-6-3)57-51(54)45-42-39-36-33-31-29-26-24-22-20-17-14-11-8-5-2/h8,11,17,20,24,26,48H,4-7,9-10,12-16,18-19,21-23,25,27-47H2,1-3H3/b11-8-,20-17-,26-24-. The molecule has 0 spiro atoms. The molecular formula is C51H92O6. The van der Waals surface area contributed by atoms with Gasteiger partial charge in [0, 0.05) is 19.3 Å². The highest BCUT2D eigenvalue weighted by Gasteiger charge is 2.19. The van der Waals surface area contributed by atoms with Gasteiger partial charge in [-0.05, 0) is 51.4 Å². The normalized spacial score (nSPS) is 12.3. The van der Waals surface area contributed by atoms with Gasteiger partial charge < -0.3 is 14.2 Å². The lowest BCUT2D eigenvalue weighted by Crippen LogP contribution is -2.30. The average Bonchev–Trinajstić information content (AvgIpc) is 3.21. The monoisotopic (exact) mass is 801 g/mol. The molecule has 0 aromatic rings. The molecule has 0 saturated heterocycles. The maximum atomic E-state index is 12.7. The minimum atomic E-state index is -0.774. The van der Waals surface area contributed by atoms with Crippen LogP contribution in [-0.2, 0) is 28.6 Å². The molecule has 0 bridgehead atoms. The van der Waals surface area contributed by atoms with Crippen LogP contribution in [0.2, 0.25) is 0 Å². The summed E-state index contributed by atoms with van der Waals surface area (Å²) in [5.41, 5.74) is 0. The Kier molecular flexibility index (Phi) is 44.4. The Morgan fingerprint density at radius 2 is 0.684 bits per heavy atom. The first-order valence-corrected chi connectivity index (χ1v) is 24.5. The highest BCUT2D eigenvalue weighted by Crippen LogP contribution is 2.15. The Hall–Kier alpha value is -2.37. The first kappa shape index (κ1) is 54.6. The van der Waals surface area contributed by atoms with Gasteiger partial charge in [0.1, 0.15) is 13.2 Å². The van der Waals surface area contributed by atoms with Crippen LogP contribution in [0.3, 0.4) is 0 Å². The SMILES string of the molecule is CC/C=C\C/C=C\C/C=C\CCCCCCCC(=O)OC(COC(=O)CCCCCCCCCC)COC(=O)CCCCCCCCCCCCCCCCCC. The molecule has 0 amide bonds. The van der Waals surface area contributed by atoms with Crippen molar-refractivity contribution < 1.29 is 28.6 Å². The zero-order valence-electron chi connectivity index (χ0n) is 37.9. The molecule has 0 saturated carbocycles. The van der Waals surface area contributed by atoms with Crippen LogP contribution in [-0.4, -0.2) is 37.2 Å². The number of carbonyl (C=O) groups is 3. The van der Waals surface area contributed by atoms with Gasteiger partial charge >= 0.3 is 17.9 Å². The molecule has 1 atom stereocenters. The lowest BCUT2D eigenvalue weighted by atomic mass is 10.0. The first-order chi connectivity index (χ1) is 28.0. The number of hydrogen-bond acceptors (Lipinski definition) is 6. The van der Waals surface area contributed by atoms with E-state index in [1.807, 2.05) is 0 Å². The van der Waals surface area contributed by atoms with Crippen LogP contribution < -0.4 is 0 Å². The van der Waals surface area contributed by atoms with Crippen LogP contribution in [0.25, 0.3) is 0 Å². The molecule has 0 aliphatic rings. The maximum Gasteiger partial charge on any atom is 0.306 e. The van der Waals surface area contributed by atoms with E-state index < -0.39 is 6.10 Å². The molecule has 6 nitrogen and oxygen atoms in total. The number of ether oxygens (including phenoxy) is 3. The third-order valence-electron chi connectivity index (χ3n) is 10.7. The Labute approximate surface area is 353 Å². The van der Waals surface area contributed by atoms with Gasteiger partial charge in [-0.1, -0.05) is 218 Å². The van der Waals surface area contributed by atoms with Crippen molar-refractivity contribution in [1.82, 2.24) is 0 Å². The lowest BCUT2D eigenvalue weighted by molar-refractivity contribution is -0.167. The van der Waals surface area contributed by atoms with E-state index in [0.717, 1.165) is 96.3 Å². The number of esters is 3. The second-order valence-corrected chi connectivity index (χ2v) is 16.4. The predicted molar refractivity (Wildman–Crippen MR) is 242 cm³/mol. The lowest BCUT2D eigenvalue weighted by Gasteiger charge is -2.18. The number of hydrogen-bond donors (Lipinski definition) is 0. The topological polar surface area (TPSA) is 78.9 Å². The van der Waals surface area contributed by atoms with E-state index in [0.29, 0.717) is 19.3 Å². The molecule has 0 aliphatic heterocycles. The number of rotatable bonds is 44. The van der Waals surface area contributed by atoms with Gasteiger partial charge in [0.05, 0.1) is 0 Å². The number of unbranched alkanes of at least 4 members (excludes halogenated alkanes) is 27. The van der Waals surface area contributed by atoms with Crippen molar-refractivity contribution in [2.75, 3.05) is 13.2 Å². The van der Waals surface area contributed by atoms with E-state index in [1.165, 1.54) is 116 Å². The van der Waals surface area contributed by atoms with Gasteiger partial charge in [-0.25, -0.2) is 0 Å². The molecule has 0 fully saturated rings. The van der Waals surface area contributed by atoms with Crippen LogP contribution in [0.4, 0.5) is 0 Å². The first-order valence-electron chi connectivity index (χ1n) is 24.5. The molecule has 57 heavy (non-hydrogen) atoms. The summed E-state index contributed by atoms with van der Waals surface area (Å²) in [4.78, 5) is 37.8. The summed E-state index contributed by atoms with van der Waals surface area (Å²) in [7, 11) is 0. The Bertz CT molecular complexity index is 969. The van der Waals surface area contributed by atoms with E-state index in [-0.39, 0.29) is 31.1 Å². The smallest absolute Gasteiger partial charge is 0.306 e. The van der Waals surface area contributed by atoms with Crippen molar-refractivity contribution in [2.24, 2.45) is 0 Å². The second kappa shape index (κ2) is 46.3. The van der Waals surface area contributed by atoms with Crippen LogP contribution >= 0.6 is 0 Å². The van der Waals surface area contributed by atoms with Crippen LogP contribution in [0.5, 0.6) is 0 Å². The van der Waals surface area contributed by atoms with E-state index >= 15 is 0 Å². The van der Waals surface area contributed by atoms with Gasteiger partial charge in [-0.15, -0.1) is 0 Å². The summed E-state index contributed by atoms with van der Waals surface area (Å²) >= 11 is 0. The summed E-state index contributed by atoms with van der Waals surface area (Å²) < 4.78 is 16.7. The fourth-order valence-corrected chi connectivity index (χ4v) is 6.99. The molecule has 0 N–H and O–H groups in total. The van der Waals surface area contributed by atoms with Gasteiger partial charge in [-0.3, -0.25) is 14.4 Å². The number of allylic oxidation sites excluding steroid dienone is 6. The molecule has 332 valence electrons. The van der Waals surface area contributed by atoms with Gasteiger partial charge in [0.25, 0.3) is 0 Å². The largest absolute Gasteiger partial charge is 0.462 e. The van der Waals surface area contributed by atoms with Crippen molar-refractivity contribution >= 4 is 17.9 Å². The van der Waals surface area contributed by atoms with Crippen LogP contribution in [0.15, 0.2) is 36.5 Å². The highest BCUT2D eigenvalue weighted by molar-refractivity contribution is 5.71. The molecule has 0 radical (unpaired) electrons. The van der Waals surface area contributed by atoms with Crippen LogP contribution in [0.1, 0.15) is 252 Å². The van der Waals surface area contributed by atoms with Crippen LogP contribution in [0, 0.1) is 0 Å².